The van der Waals surface area contributed by atoms with Crippen LogP contribution in [0.15, 0.2) is 217 Å². The molecule has 2 heterocycles. The van der Waals surface area contributed by atoms with Crippen LogP contribution in [0.1, 0.15) is 25.0 Å². The van der Waals surface area contributed by atoms with Gasteiger partial charge in [0.15, 0.2) is 17.5 Å². The van der Waals surface area contributed by atoms with Gasteiger partial charge in [-0.15, -0.1) is 0 Å². The highest BCUT2D eigenvalue weighted by Crippen LogP contribution is 2.52. The Morgan fingerprint density at radius 2 is 0.781 bits per heavy atom. The summed E-state index contributed by atoms with van der Waals surface area (Å²) in [5, 5.41) is 2.12. The molecule has 2 aromatic heterocycles. The van der Waals surface area contributed by atoms with Crippen molar-refractivity contribution in [2.24, 2.45) is 0 Å². The molecule has 4 nitrogen and oxygen atoms in total. The number of hydrogen-bond acceptors (Lipinski definition) is 4. The van der Waals surface area contributed by atoms with Crippen molar-refractivity contribution in [2.45, 2.75) is 19.3 Å². The van der Waals surface area contributed by atoms with E-state index in [0.717, 1.165) is 66.4 Å². The van der Waals surface area contributed by atoms with Crippen LogP contribution in [0.4, 0.5) is 0 Å². The van der Waals surface area contributed by atoms with E-state index in [-0.39, 0.29) is 5.41 Å². The Balaban J connectivity index is 0.998. The van der Waals surface area contributed by atoms with Gasteiger partial charge in [0.2, 0.25) is 0 Å². The molecule has 1 aliphatic carbocycles. The van der Waals surface area contributed by atoms with Crippen LogP contribution >= 0.6 is 0 Å². The van der Waals surface area contributed by atoms with Gasteiger partial charge in [-0.1, -0.05) is 190 Å². The van der Waals surface area contributed by atoms with Crippen LogP contribution in [0.25, 0.3) is 112 Å². The highest BCUT2D eigenvalue weighted by Gasteiger charge is 2.36. The Bertz CT molecular complexity index is 3590. The third kappa shape index (κ3) is 6.34. The average Bonchev–Trinajstić information content (AvgIpc) is 3.86. The number of aromatic nitrogens is 3. The molecule has 0 aliphatic heterocycles. The highest BCUT2D eigenvalue weighted by atomic mass is 16.3. The molecule has 0 amide bonds. The zero-order valence-corrected chi connectivity index (χ0v) is 35.5. The van der Waals surface area contributed by atoms with Crippen LogP contribution in [0, 0.1) is 0 Å². The Kier molecular flexibility index (Phi) is 8.80. The van der Waals surface area contributed by atoms with Crippen LogP contribution in [0.2, 0.25) is 0 Å². The summed E-state index contributed by atoms with van der Waals surface area (Å²) in [6, 6.07) is 74.9. The number of rotatable bonds is 7. The van der Waals surface area contributed by atoms with Gasteiger partial charge < -0.3 is 4.42 Å². The zero-order chi connectivity index (χ0) is 42.8. The number of nitrogens with zero attached hydrogens (tertiary/aromatic N) is 3. The monoisotopic (exact) mass is 819 g/mol. The predicted molar refractivity (Wildman–Crippen MR) is 263 cm³/mol. The first-order valence-electron chi connectivity index (χ1n) is 21.8. The van der Waals surface area contributed by atoms with Gasteiger partial charge in [-0.3, -0.25) is 0 Å². The fraction of sp³-hybridized carbons (Fsp3) is 0.0500. The minimum Gasteiger partial charge on any atom is -0.456 e. The van der Waals surface area contributed by atoms with Gasteiger partial charge in [-0.2, -0.15) is 0 Å². The van der Waals surface area contributed by atoms with E-state index in [2.05, 4.69) is 214 Å². The summed E-state index contributed by atoms with van der Waals surface area (Å²) in [7, 11) is 0. The first kappa shape index (κ1) is 37.5. The third-order valence-corrected chi connectivity index (χ3v) is 12.9. The van der Waals surface area contributed by atoms with Crippen molar-refractivity contribution in [1.82, 2.24) is 15.0 Å². The zero-order valence-electron chi connectivity index (χ0n) is 35.5. The summed E-state index contributed by atoms with van der Waals surface area (Å²) in [5.41, 5.74) is 18.6. The van der Waals surface area contributed by atoms with Gasteiger partial charge in [-0.25, -0.2) is 15.0 Å². The first-order chi connectivity index (χ1) is 31.5. The fourth-order valence-electron chi connectivity index (χ4n) is 9.75. The Morgan fingerprint density at radius 3 is 1.45 bits per heavy atom. The number of furan rings is 1. The van der Waals surface area contributed by atoms with E-state index in [1.807, 2.05) is 12.1 Å². The second-order valence-corrected chi connectivity index (χ2v) is 17.2. The van der Waals surface area contributed by atoms with Crippen LogP contribution in [0.3, 0.4) is 0 Å². The van der Waals surface area contributed by atoms with E-state index < -0.39 is 0 Å². The van der Waals surface area contributed by atoms with Crippen LogP contribution in [-0.2, 0) is 5.41 Å². The molecule has 0 bridgehead atoms. The summed E-state index contributed by atoms with van der Waals surface area (Å²) in [6.45, 7) is 4.65. The number of fused-ring (bicyclic) bond motifs is 6. The molecule has 0 N–H and O–H groups in total. The largest absolute Gasteiger partial charge is 0.456 e. The third-order valence-electron chi connectivity index (χ3n) is 12.9. The van der Waals surface area contributed by atoms with Crippen molar-refractivity contribution >= 4 is 21.9 Å². The van der Waals surface area contributed by atoms with E-state index in [1.54, 1.807) is 0 Å². The Labute approximate surface area is 372 Å². The maximum absolute atomic E-state index is 6.66. The molecule has 4 heteroatoms. The lowest BCUT2D eigenvalue weighted by Gasteiger charge is -2.21. The molecule has 302 valence electrons. The molecule has 0 radical (unpaired) electrons. The predicted octanol–water partition coefficient (Wildman–Crippen LogP) is 15.7. The molecule has 1 aliphatic rings. The molecule has 0 atom stereocenters. The second kappa shape index (κ2) is 15.0. The van der Waals surface area contributed by atoms with E-state index in [9.17, 15) is 0 Å². The molecular weight excluding hydrogens is 779 g/mol. The number of benzene rings is 9. The molecule has 0 spiro atoms. The van der Waals surface area contributed by atoms with Crippen molar-refractivity contribution < 1.29 is 4.42 Å². The molecule has 12 rings (SSSR count). The Morgan fingerprint density at radius 1 is 0.328 bits per heavy atom. The average molecular weight is 820 g/mol. The Hall–Kier alpha value is -8.21. The summed E-state index contributed by atoms with van der Waals surface area (Å²) in [4.78, 5) is 15.7. The summed E-state index contributed by atoms with van der Waals surface area (Å²) in [6.07, 6.45) is 0. The van der Waals surface area contributed by atoms with Crippen molar-refractivity contribution in [1.29, 1.82) is 0 Å². The van der Waals surface area contributed by atoms with E-state index in [4.69, 9.17) is 19.4 Å². The van der Waals surface area contributed by atoms with Crippen molar-refractivity contribution in [2.75, 3.05) is 0 Å². The first-order valence-corrected chi connectivity index (χ1v) is 21.8. The quantitative estimate of drug-likeness (QED) is 0.161. The maximum Gasteiger partial charge on any atom is 0.164 e. The van der Waals surface area contributed by atoms with Gasteiger partial charge in [0.25, 0.3) is 0 Å². The van der Waals surface area contributed by atoms with Crippen LogP contribution < -0.4 is 0 Å². The minimum absolute atomic E-state index is 0.0954. The van der Waals surface area contributed by atoms with Crippen molar-refractivity contribution in [3.8, 4) is 89.8 Å². The molecule has 11 aromatic rings. The number of hydrogen-bond donors (Lipinski definition) is 0. The summed E-state index contributed by atoms with van der Waals surface area (Å²) in [5.74, 6) is 1.78. The van der Waals surface area contributed by atoms with Gasteiger partial charge in [-0.05, 0) is 103 Å². The van der Waals surface area contributed by atoms with Crippen LogP contribution in [0.5, 0.6) is 0 Å². The molecule has 9 aromatic carbocycles. The molecule has 0 unspecified atom stereocenters. The van der Waals surface area contributed by atoms with Gasteiger partial charge in [0, 0.05) is 32.9 Å². The molecule has 0 saturated carbocycles. The summed E-state index contributed by atoms with van der Waals surface area (Å²) < 4.78 is 6.66. The SMILES string of the molecule is CC1(C)c2ccccc2-c2c(-c3cccc(-c4nc(-c5cccc(-c6ccccc6)c5)nc(-c5ccc6c(c5)oc5cccc(-c7cccc(-c8ccccc8)c7)c56)n4)c3)cccc21. The molecule has 0 fully saturated rings. The second-order valence-electron chi connectivity index (χ2n) is 17.2. The smallest absolute Gasteiger partial charge is 0.164 e. The van der Waals surface area contributed by atoms with E-state index in [1.165, 1.54) is 38.9 Å². The van der Waals surface area contributed by atoms with Gasteiger partial charge in [0.05, 0.1) is 0 Å². The van der Waals surface area contributed by atoms with E-state index >= 15 is 0 Å². The topological polar surface area (TPSA) is 51.8 Å². The lowest BCUT2D eigenvalue weighted by Crippen LogP contribution is -2.14. The standard InChI is InChI=1S/C60H41N3O/c1-60(2)51-29-10-9-26-49(51)55-47(27-14-30-52(55)60)43-23-13-25-45(36-43)58-61-57(44-24-12-21-41(35-44)39-18-7-4-8-19-39)62-59(63-58)46-32-33-50-54(37-46)64-53-31-15-28-48(56(50)53)42-22-11-20-40(34-42)38-16-5-3-6-17-38/h3-37H,1-2H3. The molecular formula is C60H41N3O. The highest BCUT2D eigenvalue weighted by molar-refractivity contribution is 6.13. The fourth-order valence-corrected chi connectivity index (χ4v) is 9.75. The lowest BCUT2D eigenvalue weighted by molar-refractivity contribution is 0.660. The van der Waals surface area contributed by atoms with E-state index in [0.29, 0.717) is 17.5 Å². The molecule has 64 heavy (non-hydrogen) atoms. The normalized spacial score (nSPS) is 12.7. The molecule has 0 saturated heterocycles. The van der Waals surface area contributed by atoms with Gasteiger partial charge in [0.1, 0.15) is 11.2 Å². The van der Waals surface area contributed by atoms with Crippen molar-refractivity contribution in [3.05, 3.63) is 223 Å². The maximum atomic E-state index is 6.66. The van der Waals surface area contributed by atoms with Crippen LogP contribution in [-0.4, -0.2) is 15.0 Å². The van der Waals surface area contributed by atoms with Crippen molar-refractivity contribution in [3.63, 3.8) is 0 Å². The summed E-state index contributed by atoms with van der Waals surface area (Å²) >= 11 is 0. The minimum atomic E-state index is -0.0954. The van der Waals surface area contributed by atoms with Gasteiger partial charge >= 0.3 is 0 Å². The lowest BCUT2D eigenvalue weighted by atomic mass is 9.82.